The molecule has 0 spiro atoms. The highest BCUT2D eigenvalue weighted by Gasteiger charge is 2.39. The van der Waals surface area contributed by atoms with E-state index in [0.717, 1.165) is 11.8 Å². The highest BCUT2D eigenvalue weighted by atomic mass is 16.5. The second-order valence-electron chi connectivity index (χ2n) is 5.60. The normalized spacial score (nSPS) is 38.5. The molecule has 0 aromatic carbocycles. The summed E-state index contributed by atoms with van der Waals surface area (Å²) in [5.74, 6) is 1.39. The number of ether oxygens (including phenoxy) is 1. The smallest absolute Gasteiger partial charge is 0.302 e. The first-order chi connectivity index (χ1) is 6.85. The van der Waals surface area contributed by atoms with E-state index in [0.29, 0.717) is 0 Å². The van der Waals surface area contributed by atoms with Gasteiger partial charge in [0.05, 0.1) is 0 Å². The van der Waals surface area contributed by atoms with Gasteiger partial charge in [-0.15, -0.1) is 0 Å². The van der Waals surface area contributed by atoms with Gasteiger partial charge in [-0.05, 0) is 38.0 Å². The number of hydrogen-bond donors (Lipinski definition) is 0. The van der Waals surface area contributed by atoms with Crippen LogP contribution in [-0.2, 0) is 9.53 Å². The van der Waals surface area contributed by atoms with E-state index in [4.69, 9.17) is 4.74 Å². The highest BCUT2D eigenvalue weighted by Crippen LogP contribution is 2.44. The molecule has 1 saturated carbocycles. The summed E-state index contributed by atoms with van der Waals surface area (Å²) >= 11 is 0. The third-order valence-electron chi connectivity index (χ3n) is 4.25. The summed E-state index contributed by atoms with van der Waals surface area (Å²) in [6.45, 7) is 10.4. The van der Waals surface area contributed by atoms with Crippen molar-refractivity contribution in [2.24, 2.45) is 17.3 Å². The van der Waals surface area contributed by atoms with Crippen molar-refractivity contribution in [1.29, 1.82) is 0 Å². The predicted octanol–water partition coefficient (Wildman–Crippen LogP) is 3.40. The Bertz CT molecular complexity index is 237. The molecule has 1 aliphatic rings. The molecule has 0 bridgehead atoms. The minimum atomic E-state index is -0.157. The van der Waals surface area contributed by atoms with Crippen LogP contribution in [0.2, 0.25) is 0 Å². The number of hydrogen-bond acceptors (Lipinski definition) is 2. The largest absolute Gasteiger partial charge is 0.462 e. The van der Waals surface area contributed by atoms with Gasteiger partial charge in [0.1, 0.15) is 6.10 Å². The van der Waals surface area contributed by atoms with E-state index in [-0.39, 0.29) is 17.5 Å². The maximum atomic E-state index is 11.0. The van der Waals surface area contributed by atoms with Crippen molar-refractivity contribution in [1.82, 2.24) is 0 Å². The molecule has 0 saturated heterocycles. The van der Waals surface area contributed by atoms with Crippen molar-refractivity contribution >= 4 is 5.97 Å². The number of carbonyl (C=O) groups is 1. The topological polar surface area (TPSA) is 26.3 Å². The molecule has 1 aliphatic carbocycles. The van der Waals surface area contributed by atoms with Crippen molar-refractivity contribution in [3.05, 3.63) is 0 Å². The Hall–Kier alpha value is -0.530. The van der Waals surface area contributed by atoms with Gasteiger partial charge in [-0.1, -0.05) is 20.8 Å². The molecule has 2 heteroatoms. The minimum Gasteiger partial charge on any atom is -0.462 e. The molecule has 4 atom stereocenters. The molecule has 2 unspecified atom stereocenters. The highest BCUT2D eigenvalue weighted by molar-refractivity contribution is 5.66. The molecule has 88 valence electrons. The molecule has 0 aromatic heterocycles. The van der Waals surface area contributed by atoms with Gasteiger partial charge in [0, 0.05) is 12.3 Å². The molecule has 1 fully saturated rings. The Labute approximate surface area is 93.4 Å². The summed E-state index contributed by atoms with van der Waals surface area (Å²) in [5, 5.41) is 0. The average Bonchev–Trinajstić information content (AvgIpc) is 2.11. The first-order valence-electron chi connectivity index (χ1n) is 6.02. The van der Waals surface area contributed by atoms with Crippen molar-refractivity contribution in [2.75, 3.05) is 0 Å². The molecule has 0 amide bonds. The Balaban J connectivity index is 2.62. The first kappa shape index (κ1) is 12.5. The quantitative estimate of drug-likeness (QED) is 0.656. The van der Waals surface area contributed by atoms with Gasteiger partial charge in [0.2, 0.25) is 0 Å². The predicted molar refractivity (Wildman–Crippen MR) is 61.5 cm³/mol. The van der Waals surface area contributed by atoms with Crippen molar-refractivity contribution in [3.8, 4) is 0 Å². The zero-order valence-electron chi connectivity index (χ0n) is 10.7. The summed E-state index contributed by atoms with van der Waals surface area (Å²) in [5.41, 5.74) is 0.178. The number of rotatable bonds is 2. The third-order valence-corrected chi connectivity index (χ3v) is 4.25. The van der Waals surface area contributed by atoms with E-state index in [1.54, 1.807) is 0 Å². The minimum absolute atomic E-state index is 0.0462. The van der Waals surface area contributed by atoms with Gasteiger partial charge >= 0.3 is 5.97 Å². The molecule has 2 nitrogen and oxygen atoms in total. The second kappa shape index (κ2) is 4.54. The van der Waals surface area contributed by atoms with Gasteiger partial charge in [0.25, 0.3) is 0 Å². The molecule has 0 aromatic rings. The van der Waals surface area contributed by atoms with E-state index in [9.17, 15) is 4.79 Å². The van der Waals surface area contributed by atoms with Crippen LogP contribution in [0.15, 0.2) is 0 Å². The van der Waals surface area contributed by atoms with Crippen LogP contribution < -0.4 is 0 Å². The van der Waals surface area contributed by atoms with Gasteiger partial charge < -0.3 is 4.74 Å². The molecule has 0 N–H and O–H groups in total. The lowest BCUT2D eigenvalue weighted by Crippen LogP contribution is -2.39. The van der Waals surface area contributed by atoms with Crippen molar-refractivity contribution < 1.29 is 9.53 Å². The summed E-state index contributed by atoms with van der Waals surface area (Å²) in [6.07, 6.45) is 3.64. The van der Waals surface area contributed by atoms with E-state index in [1.165, 1.54) is 26.2 Å². The molecular formula is C13H24O2. The van der Waals surface area contributed by atoms with Crippen molar-refractivity contribution in [2.45, 2.75) is 60.0 Å². The SMILES string of the molecule is CC(=O)O[C@H](C)[C@@]1(C)CCC(C)C(C)C1. The molecule has 1 rings (SSSR count). The van der Waals surface area contributed by atoms with Crippen molar-refractivity contribution in [3.63, 3.8) is 0 Å². The maximum absolute atomic E-state index is 11.0. The molecule has 0 aliphatic heterocycles. The van der Waals surface area contributed by atoms with Crippen LogP contribution in [0, 0.1) is 17.3 Å². The van der Waals surface area contributed by atoms with Gasteiger partial charge in [0.15, 0.2) is 0 Å². The zero-order chi connectivity index (χ0) is 11.6. The number of carbonyl (C=O) groups excluding carboxylic acids is 1. The van der Waals surface area contributed by atoms with Crippen LogP contribution in [-0.4, -0.2) is 12.1 Å². The summed E-state index contributed by atoms with van der Waals surface area (Å²) < 4.78 is 5.34. The Morgan fingerprint density at radius 3 is 2.47 bits per heavy atom. The average molecular weight is 212 g/mol. The Morgan fingerprint density at radius 1 is 1.40 bits per heavy atom. The Morgan fingerprint density at radius 2 is 2.00 bits per heavy atom. The van der Waals surface area contributed by atoms with Gasteiger partial charge in [-0.3, -0.25) is 4.79 Å². The zero-order valence-corrected chi connectivity index (χ0v) is 10.7. The Kier molecular flexibility index (Phi) is 3.80. The molecule has 15 heavy (non-hydrogen) atoms. The van der Waals surface area contributed by atoms with Gasteiger partial charge in [-0.2, -0.15) is 0 Å². The standard InChI is InChI=1S/C13H24O2/c1-9-6-7-13(5,8-10(9)2)11(3)15-12(4)14/h9-11H,6-8H2,1-5H3/t9?,10?,11-,13+/m1/s1. The fourth-order valence-corrected chi connectivity index (χ4v) is 2.64. The van der Waals surface area contributed by atoms with Crippen LogP contribution in [0.25, 0.3) is 0 Å². The van der Waals surface area contributed by atoms with Crippen LogP contribution in [0.5, 0.6) is 0 Å². The third kappa shape index (κ3) is 2.96. The van der Waals surface area contributed by atoms with Crippen LogP contribution in [0.3, 0.4) is 0 Å². The molecule has 0 radical (unpaired) electrons. The van der Waals surface area contributed by atoms with E-state index in [1.807, 2.05) is 6.92 Å². The maximum Gasteiger partial charge on any atom is 0.302 e. The lowest BCUT2D eigenvalue weighted by Gasteiger charge is -2.43. The van der Waals surface area contributed by atoms with Crippen LogP contribution in [0.1, 0.15) is 53.9 Å². The summed E-state index contributed by atoms with van der Waals surface area (Å²) in [6, 6.07) is 0. The molecular weight excluding hydrogens is 188 g/mol. The summed E-state index contributed by atoms with van der Waals surface area (Å²) in [4.78, 5) is 11.0. The van der Waals surface area contributed by atoms with Crippen LogP contribution in [0.4, 0.5) is 0 Å². The van der Waals surface area contributed by atoms with E-state index >= 15 is 0 Å². The van der Waals surface area contributed by atoms with Crippen LogP contribution >= 0.6 is 0 Å². The lowest BCUT2D eigenvalue weighted by atomic mass is 9.65. The van der Waals surface area contributed by atoms with E-state index < -0.39 is 0 Å². The second-order valence-corrected chi connectivity index (χ2v) is 5.60. The number of esters is 1. The summed E-state index contributed by atoms with van der Waals surface area (Å²) in [7, 11) is 0. The fraction of sp³-hybridized carbons (Fsp3) is 0.923. The monoisotopic (exact) mass is 212 g/mol. The lowest BCUT2D eigenvalue weighted by molar-refractivity contribution is -0.154. The van der Waals surface area contributed by atoms with E-state index in [2.05, 4.69) is 20.8 Å². The fourth-order valence-electron chi connectivity index (χ4n) is 2.64. The first-order valence-corrected chi connectivity index (χ1v) is 6.02. The molecule has 0 heterocycles. The van der Waals surface area contributed by atoms with Gasteiger partial charge in [-0.25, -0.2) is 0 Å².